The van der Waals surface area contributed by atoms with E-state index in [1.54, 1.807) is 0 Å². The molecular formula is C10H24N2. The second kappa shape index (κ2) is 5.55. The number of hydrogen-bond acceptors (Lipinski definition) is 2. The molecule has 0 aliphatic carbocycles. The van der Waals surface area contributed by atoms with Crippen LogP contribution in [0.15, 0.2) is 0 Å². The van der Waals surface area contributed by atoms with Gasteiger partial charge < -0.3 is 10.6 Å². The maximum Gasteiger partial charge on any atom is 0.0215 e. The molecule has 0 aliphatic heterocycles. The first-order chi connectivity index (χ1) is 5.49. The molecular weight excluding hydrogens is 148 g/mol. The highest BCUT2D eigenvalue weighted by Crippen LogP contribution is 2.05. The van der Waals surface area contributed by atoms with Crippen molar-refractivity contribution in [1.82, 2.24) is 4.90 Å². The van der Waals surface area contributed by atoms with Crippen LogP contribution in [0.4, 0.5) is 0 Å². The smallest absolute Gasteiger partial charge is 0.0215 e. The largest absolute Gasteiger partial charge is 0.326 e. The van der Waals surface area contributed by atoms with Crippen molar-refractivity contribution in [2.45, 2.75) is 46.2 Å². The third-order valence-electron chi connectivity index (χ3n) is 2.44. The van der Waals surface area contributed by atoms with Crippen molar-refractivity contribution < 1.29 is 0 Å². The second-order valence-electron chi connectivity index (χ2n) is 4.15. The summed E-state index contributed by atoms with van der Waals surface area (Å²) in [6.45, 7) is 9.96. The number of nitrogens with two attached hydrogens (primary N) is 1. The van der Waals surface area contributed by atoms with Crippen molar-refractivity contribution >= 4 is 0 Å². The zero-order chi connectivity index (χ0) is 9.72. The van der Waals surface area contributed by atoms with Crippen LogP contribution in [0.3, 0.4) is 0 Å². The van der Waals surface area contributed by atoms with E-state index in [1.807, 2.05) is 0 Å². The quantitative estimate of drug-likeness (QED) is 0.684. The molecule has 0 heterocycles. The van der Waals surface area contributed by atoms with Gasteiger partial charge in [-0.1, -0.05) is 20.8 Å². The number of rotatable bonds is 5. The highest BCUT2D eigenvalue weighted by molar-refractivity contribution is 4.75. The Hall–Kier alpha value is -0.0800. The topological polar surface area (TPSA) is 29.3 Å². The molecule has 0 bridgehead atoms. The highest BCUT2D eigenvalue weighted by atomic mass is 15.1. The van der Waals surface area contributed by atoms with Crippen LogP contribution in [-0.4, -0.2) is 30.6 Å². The van der Waals surface area contributed by atoms with Gasteiger partial charge in [-0.3, -0.25) is 0 Å². The molecule has 74 valence electrons. The summed E-state index contributed by atoms with van der Waals surface area (Å²) in [5.41, 5.74) is 5.95. The molecule has 0 fully saturated rings. The molecule has 0 aromatic rings. The SMILES string of the molecule is CCC(N)C(C)N(C)CC(C)C. The first-order valence-electron chi connectivity index (χ1n) is 4.94. The van der Waals surface area contributed by atoms with Gasteiger partial charge in [0.15, 0.2) is 0 Å². The fraction of sp³-hybridized carbons (Fsp3) is 1.00. The summed E-state index contributed by atoms with van der Waals surface area (Å²) < 4.78 is 0. The summed E-state index contributed by atoms with van der Waals surface area (Å²) in [7, 11) is 2.15. The van der Waals surface area contributed by atoms with Crippen molar-refractivity contribution in [3.63, 3.8) is 0 Å². The fourth-order valence-corrected chi connectivity index (χ4v) is 1.41. The van der Waals surface area contributed by atoms with E-state index in [9.17, 15) is 0 Å². The summed E-state index contributed by atoms with van der Waals surface area (Å²) >= 11 is 0. The molecule has 0 amide bonds. The van der Waals surface area contributed by atoms with E-state index in [0.29, 0.717) is 12.1 Å². The molecule has 0 saturated heterocycles. The number of hydrogen-bond donors (Lipinski definition) is 1. The van der Waals surface area contributed by atoms with Crippen LogP contribution in [0.5, 0.6) is 0 Å². The van der Waals surface area contributed by atoms with Gasteiger partial charge in [-0.2, -0.15) is 0 Å². The predicted molar refractivity (Wildman–Crippen MR) is 55.2 cm³/mol. The molecule has 0 saturated carbocycles. The minimum atomic E-state index is 0.314. The first kappa shape index (κ1) is 11.9. The summed E-state index contributed by atoms with van der Waals surface area (Å²) in [6, 6.07) is 0.811. The summed E-state index contributed by atoms with van der Waals surface area (Å²) in [5, 5.41) is 0. The Morgan fingerprint density at radius 1 is 1.25 bits per heavy atom. The minimum absolute atomic E-state index is 0.314. The highest BCUT2D eigenvalue weighted by Gasteiger charge is 2.15. The Kier molecular flexibility index (Phi) is 5.51. The van der Waals surface area contributed by atoms with Crippen LogP contribution in [-0.2, 0) is 0 Å². The van der Waals surface area contributed by atoms with Gasteiger partial charge in [0, 0.05) is 18.6 Å². The molecule has 2 heteroatoms. The van der Waals surface area contributed by atoms with Gasteiger partial charge in [0.25, 0.3) is 0 Å². The van der Waals surface area contributed by atoms with E-state index in [4.69, 9.17) is 5.73 Å². The van der Waals surface area contributed by atoms with Crippen LogP contribution >= 0.6 is 0 Å². The first-order valence-corrected chi connectivity index (χ1v) is 4.94. The van der Waals surface area contributed by atoms with Crippen molar-refractivity contribution in [3.05, 3.63) is 0 Å². The zero-order valence-corrected chi connectivity index (χ0v) is 9.17. The van der Waals surface area contributed by atoms with Gasteiger partial charge in [-0.05, 0) is 26.3 Å². The van der Waals surface area contributed by atoms with E-state index in [2.05, 4.69) is 39.6 Å². The van der Waals surface area contributed by atoms with Crippen molar-refractivity contribution in [2.24, 2.45) is 11.7 Å². The molecule has 2 atom stereocenters. The average Bonchev–Trinajstić information content (AvgIpc) is 2.00. The lowest BCUT2D eigenvalue weighted by Gasteiger charge is -2.30. The van der Waals surface area contributed by atoms with Crippen LogP contribution in [0.25, 0.3) is 0 Å². The summed E-state index contributed by atoms with van der Waals surface area (Å²) in [4.78, 5) is 2.35. The van der Waals surface area contributed by atoms with Gasteiger partial charge in [0.1, 0.15) is 0 Å². The molecule has 2 N–H and O–H groups in total. The van der Waals surface area contributed by atoms with Crippen molar-refractivity contribution in [1.29, 1.82) is 0 Å². The molecule has 0 aromatic carbocycles. The van der Waals surface area contributed by atoms with E-state index in [1.165, 1.54) is 0 Å². The lowest BCUT2D eigenvalue weighted by Crippen LogP contribution is -2.44. The molecule has 2 unspecified atom stereocenters. The Morgan fingerprint density at radius 2 is 1.75 bits per heavy atom. The van der Waals surface area contributed by atoms with Crippen molar-refractivity contribution in [2.75, 3.05) is 13.6 Å². The maximum absolute atomic E-state index is 5.95. The molecule has 0 aromatic heterocycles. The number of likely N-dealkylation sites (N-methyl/N-ethyl adjacent to an activating group) is 1. The fourth-order valence-electron chi connectivity index (χ4n) is 1.41. The van der Waals surface area contributed by atoms with E-state index in [0.717, 1.165) is 18.9 Å². The minimum Gasteiger partial charge on any atom is -0.326 e. The Bertz CT molecular complexity index is 112. The third kappa shape index (κ3) is 4.07. The van der Waals surface area contributed by atoms with Gasteiger partial charge >= 0.3 is 0 Å². The van der Waals surface area contributed by atoms with Crippen LogP contribution in [0, 0.1) is 5.92 Å². The molecule has 2 nitrogen and oxygen atoms in total. The second-order valence-corrected chi connectivity index (χ2v) is 4.15. The van der Waals surface area contributed by atoms with Gasteiger partial charge in [-0.15, -0.1) is 0 Å². The lowest BCUT2D eigenvalue weighted by molar-refractivity contribution is 0.202. The van der Waals surface area contributed by atoms with Gasteiger partial charge in [0.2, 0.25) is 0 Å². The number of nitrogens with zero attached hydrogens (tertiary/aromatic N) is 1. The Balaban J connectivity index is 3.83. The molecule has 0 spiro atoms. The summed E-state index contributed by atoms with van der Waals surface area (Å²) in [6.07, 6.45) is 1.06. The third-order valence-corrected chi connectivity index (χ3v) is 2.44. The molecule has 0 rings (SSSR count). The Labute approximate surface area is 77.1 Å². The van der Waals surface area contributed by atoms with E-state index < -0.39 is 0 Å². The van der Waals surface area contributed by atoms with Crippen LogP contribution in [0.2, 0.25) is 0 Å². The predicted octanol–water partition coefficient (Wildman–Crippen LogP) is 1.70. The van der Waals surface area contributed by atoms with Crippen LogP contribution in [0.1, 0.15) is 34.1 Å². The Morgan fingerprint density at radius 3 is 2.08 bits per heavy atom. The zero-order valence-electron chi connectivity index (χ0n) is 9.17. The lowest BCUT2D eigenvalue weighted by atomic mass is 10.1. The van der Waals surface area contributed by atoms with E-state index in [-0.39, 0.29) is 0 Å². The van der Waals surface area contributed by atoms with Crippen LogP contribution < -0.4 is 5.73 Å². The molecule has 0 aliphatic rings. The normalized spacial score (nSPS) is 17.0. The monoisotopic (exact) mass is 172 g/mol. The van der Waals surface area contributed by atoms with Gasteiger partial charge in [0.05, 0.1) is 0 Å². The van der Waals surface area contributed by atoms with E-state index >= 15 is 0 Å². The standard InChI is InChI=1S/C10H24N2/c1-6-10(11)9(4)12(5)7-8(2)3/h8-10H,6-7,11H2,1-5H3. The molecule has 0 radical (unpaired) electrons. The van der Waals surface area contributed by atoms with Crippen molar-refractivity contribution in [3.8, 4) is 0 Å². The average molecular weight is 172 g/mol. The van der Waals surface area contributed by atoms with Gasteiger partial charge in [-0.25, -0.2) is 0 Å². The summed E-state index contributed by atoms with van der Waals surface area (Å²) in [5.74, 6) is 0.724. The maximum atomic E-state index is 5.95. The molecule has 12 heavy (non-hydrogen) atoms.